The standard InChI is InChI=1S/C11H19NO2/c1-8(13)14-10-5-4-9-3-2-6-12-11(9)7-10/h9-12H,2-7H2,1H3/p+1/t9-,10-,11-/m1/s1. The molecule has 14 heavy (non-hydrogen) atoms. The van der Waals surface area contributed by atoms with Crippen molar-refractivity contribution < 1.29 is 14.8 Å². The van der Waals surface area contributed by atoms with Crippen LogP contribution < -0.4 is 5.32 Å². The van der Waals surface area contributed by atoms with Crippen molar-refractivity contribution in [3.8, 4) is 0 Å². The maximum absolute atomic E-state index is 10.8. The zero-order valence-electron chi connectivity index (χ0n) is 8.87. The molecule has 0 unspecified atom stereocenters. The van der Waals surface area contributed by atoms with Crippen LogP contribution in [0.1, 0.15) is 39.0 Å². The number of carbonyl (C=O) groups excluding carboxylic acids is 1. The molecule has 0 aromatic heterocycles. The van der Waals surface area contributed by atoms with Gasteiger partial charge < -0.3 is 10.1 Å². The van der Waals surface area contributed by atoms with E-state index in [1.165, 1.54) is 32.7 Å². The molecule has 2 aliphatic rings. The van der Waals surface area contributed by atoms with Crippen molar-refractivity contribution in [1.82, 2.24) is 0 Å². The first-order valence-corrected chi connectivity index (χ1v) is 5.76. The molecule has 0 spiro atoms. The normalized spacial score (nSPS) is 37.4. The van der Waals surface area contributed by atoms with E-state index in [1.54, 1.807) is 0 Å². The van der Waals surface area contributed by atoms with Gasteiger partial charge in [-0.05, 0) is 25.7 Å². The van der Waals surface area contributed by atoms with Crippen LogP contribution in [0, 0.1) is 5.92 Å². The van der Waals surface area contributed by atoms with Crippen molar-refractivity contribution in [1.29, 1.82) is 0 Å². The predicted molar refractivity (Wildman–Crippen MR) is 52.7 cm³/mol. The number of esters is 1. The minimum absolute atomic E-state index is 0.121. The van der Waals surface area contributed by atoms with Gasteiger partial charge in [0.2, 0.25) is 0 Å². The van der Waals surface area contributed by atoms with E-state index in [-0.39, 0.29) is 12.1 Å². The Kier molecular flexibility index (Phi) is 3.06. The van der Waals surface area contributed by atoms with Crippen molar-refractivity contribution >= 4 is 5.97 Å². The molecule has 2 rings (SSSR count). The summed E-state index contributed by atoms with van der Waals surface area (Å²) in [6.07, 6.45) is 6.34. The molecule has 1 saturated carbocycles. The van der Waals surface area contributed by atoms with Gasteiger partial charge in [-0.1, -0.05) is 0 Å². The number of hydrogen-bond acceptors (Lipinski definition) is 2. The average Bonchev–Trinajstić information content (AvgIpc) is 2.17. The Morgan fingerprint density at radius 2 is 2.21 bits per heavy atom. The average molecular weight is 198 g/mol. The second-order valence-electron chi connectivity index (χ2n) is 4.64. The highest BCUT2D eigenvalue weighted by Crippen LogP contribution is 2.29. The molecule has 3 heteroatoms. The third kappa shape index (κ3) is 2.27. The zero-order valence-corrected chi connectivity index (χ0v) is 8.87. The Morgan fingerprint density at radius 1 is 1.36 bits per heavy atom. The van der Waals surface area contributed by atoms with Crippen molar-refractivity contribution in [3.05, 3.63) is 0 Å². The molecule has 1 heterocycles. The van der Waals surface area contributed by atoms with Crippen molar-refractivity contribution in [3.63, 3.8) is 0 Å². The smallest absolute Gasteiger partial charge is 0.302 e. The highest BCUT2D eigenvalue weighted by atomic mass is 16.5. The molecule has 2 N–H and O–H groups in total. The Morgan fingerprint density at radius 3 is 3.00 bits per heavy atom. The van der Waals surface area contributed by atoms with Gasteiger partial charge in [-0.3, -0.25) is 4.79 Å². The van der Waals surface area contributed by atoms with Gasteiger partial charge >= 0.3 is 5.97 Å². The van der Waals surface area contributed by atoms with Crippen LogP contribution in [-0.4, -0.2) is 24.7 Å². The third-order valence-corrected chi connectivity index (χ3v) is 3.58. The van der Waals surface area contributed by atoms with Gasteiger partial charge in [-0.2, -0.15) is 0 Å². The van der Waals surface area contributed by atoms with E-state index in [0.29, 0.717) is 0 Å². The van der Waals surface area contributed by atoms with Crippen LogP contribution in [0.5, 0.6) is 0 Å². The Balaban J connectivity index is 1.86. The molecule has 80 valence electrons. The molecular formula is C11H20NO2+. The number of fused-ring (bicyclic) bond motifs is 1. The van der Waals surface area contributed by atoms with E-state index in [9.17, 15) is 4.79 Å². The molecular weight excluding hydrogens is 178 g/mol. The number of quaternary nitrogens is 1. The van der Waals surface area contributed by atoms with Crippen LogP contribution in [0.25, 0.3) is 0 Å². The van der Waals surface area contributed by atoms with E-state index < -0.39 is 0 Å². The highest BCUT2D eigenvalue weighted by Gasteiger charge is 2.35. The van der Waals surface area contributed by atoms with Crippen LogP contribution in [-0.2, 0) is 9.53 Å². The van der Waals surface area contributed by atoms with Crippen LogP contribution in [0.4, 0.5) is 0 Å². The first kappa shape index (κ1) is 9.97. The maximum atomic E-state index is 10.8. The topological polar surface area (TPSA) is 42.9 Å². The van der Waals surface area contributed by atoms with Gasteiger partial charge in [0, 0.05) is 19.3 Å². The summed E-state index contributed by atoms with van der Waals surface area (Å²) < 4.78 is 5.28. The van der Waals surface area contributed by atoms with E-state index in [0.717, 1.165) is 24.8 Å². The summed E-state index contributed by atoms with van der Waals surface area (Å²) in [5.41, 5.74) is 0. The fraction of sp³-hybridized carbons (Fsp3) is 0.909. The fourth-order valence-electron chi connectivity index (χ4n) is 2.93. The van der Waals surface area contributed by atoms with Gasteiger partial charge in [0.05, 0.1) is 12.6 Å². The van der Waals surface area contributed by atoms with Crippen LogP contribution in [0.2, 0.25) is 0 Å². The lowest BCUT2D eigenvalue weighted by Gasteiger charge is -2.36. The monoisotopic (exact) mass is 198 g/mol. The second kappa shape index (κ2) is 4.30. The molecule has 2 fully saturated rings. The Labute approximate surface area is 85.2 Å². The lowest BCUT2D eigenvalue weighted by Crippen LogP contribution is -2.93. The van der Waals surface area contributed by atoms with E-state index in [1.807, 2.05) is 0 Å². The Hall–Kier alpha value is -0.570. The second-order valence-corrected chi connectivity index (χ2v) is 4.64. The summed E-state index contributed by atoms with van der Waals surface area (Å²) in [6, 6.07) is 0.724. The van der Waals surface area contributed by atoms with Gasteiger partial charge in [0.1, 0.15) is 6.10 Å². The van der Waals surface area contributed by atoms with Crippen molar-refractivity contribution in [2.75, 3.05) is 6.54 Å². The lowest BCUT2D eigenvalue weighted by molar-refractivity contribution is -0.707. The van der Waals surface area contributed by atoms with E-state index in [2.05, 4.69) is 5.32 Å². The van der Waals surface area contributed by atoms with Gasteiger partial charge in [-0.25, -0.2) is 0 Å². The molecule has 0 radical (unpaired) electrons. The van der Waals surface area contributed by atoms with Gasteiger partial charge in [0.15, 0.2) is 0 Å². The van der Waals surface area contributed by atoms with E-state index >= 15 is 0 Å². The molecule has 0 bridgehead atoms. The summed E-state index contributed by atoms with van der Waals surface area (Å²) in [5.74, 6) is 0.764. The number of carbonyl (C=O) groups is 1. The lowest BCUT2D eigenvalue weighted by atomic mass is 9.78. The molecule has 0 amide bonds. The molecule has 3 atom stereocenters. The Bertz CT molecular complexity index is 217. The summed E-state index contributed by atoms with van der Waals surface area (Å²) in [7, 11) is 0. The number of hydrogen-bond donors (Lipinski definition) is 1. The molecule has 0 aromatic rings. The number of piperidine rings is 1. The zero-order chi connectivity index (χ0) is 9.97. The van der Waals surface area contributed by atoms with E-state index in [4.69, 9.17) is 4.74 Å². The molecule has 3 nitrogen and oxygen atoms in total. The first-order chi connectivity index (χ1) is 6.75. The number of nitrogens with two attached hydrogens (primary N) is 1. The van der Waals surface area contributed by atoms with Crippen molar-refractivity contribution in [2.24, 2.45) is 5.92 Å². The summed E-state index contributed by atoms with van der Waals surface area (Å²) in [6.45, 7) is 2.77. The minimum Gasteiger partial charge on any atom is -0.462 e. The van der Waals surface area contributed by atoms with Crippen LogP contribution in [0.3, 0.4) is 0 Å². The van der Waals surface area contributed by atoms with Gasteiger partial charge in [-0.15, -0.1) is 0 Å². The van der Waals surface area contributed by atoms with Gasteiger partial charge in [0.25, 0.3) is 0 Å². The summed E-state index contributed by atoms with van der Waals surface area (Å²) in [5, 5.41) is 2.45. The SMILES string of the molecule is CC(=O)O[C@@H]1CC[C@H]2CCC[NH2+][C@@H]2C1. The van der Waals surface area contributed by atoms with Crippen molar-refractivity contribution in [2.45, 2.75) is 51.2 Å². The largest absolute Gasteiger partial charge is 0.462 e. The quantitative estimate of drug-likeness (QED) is 0.621. The summed E-state index contributed by atoms with van der Waals surface area (Å²) in [4.78, 5) is 10.8. The van der Waals surface area contributed by atoms with Crippen LogP contribution >= 0.6 is 0 Å². The highest BCUT2D eigenvalue weighted by molar-refractivity contribution is 5.66. The predicted octanol–water partition coefficient (Wildman–Crippen LogP) is 0.444. The number of ether oxygens (including phenoxy) is 1. The fourth-order valence-corrected chi connectivity index (χ4v) is 2.93. The first-order valence-electron chi connectivity index (χ1n) is 5.76. The maximum Gasteiger partial charge on any atom is 0.302 e. The number of rotatable bonds is 1. The molecule has 1 aliphatic heterocycles. The minimum atomic E-state index is -0.121. The molecule has 1 aliphatic carbocycles. The molecule has 1 saturated heterocycles. The molecule has 0 aromatic carbocycles. The third-order valence-electron chi connectivity index (χ3n) is 3.58. The summed E-state index contributed by atoms with van der Waals surface area (Å²) >= 11 is 0. The van der Waals surface area contributed by atoms with Crippen LogP contribution in [0.15, 0.2) is 0 Å².